The third-order valence-corrected chi connectivity index (χ3v) is 4.39. The maximum absolute atomic E-state index is 10.7. The van der Waals surface area contributed by atoms with Gasteiger partial charge in [-0.3, -0.25) is 0 Å². The quantitative estimate of drug-likeness (QED) is 0.762. The third-order valence-electron chi connectivity index (χ3n) is 4.39. The Labute approximate surface area is 106 Å². The molecule has 2 aliphatic rings. The number of aliphatic hydroxyl groups is 1. The van der Waals surface area contributed by atoms with E-state index < -0.39 is 5.79 Å². The van der Waals surface area contributed by atoms with E-state index in [-0.39, 0.29) is 5.92 Å². The van der Waals surface area contributed by atoms with Crippen LogP contribution in [0, 0.1) is 0 Å². The smallest absolute Gasteiger partial charge is 0.215 e. The maximum atomic E-state index is 10.7. The minimum absolute atomic E-state index is 0.146. The van der Waals surface area contributed by atoms with Crippen molar-refractivity contribution in [1.29, 1.82) is 0 Å². The fourth-order valence-corrected chi connectivity index (χ4v) is 3.53. The molecule has 2 aromatic rings. The summed E-state index contributed by atoms with van der Waals surface area (Å²) in [7, 11) is 0. The Kier molecular flexibility index (Phi) is 2.01. The van der Waals surface area contributed by atoms with Crippen molar-refractivity contribution in [3.05, 3.63) is 42.0 Å². The van der Waals surface area contributed by atoms with Gasteiger partial charge in [0.05, 0.1) is 5.92 Å². The number of benzene rings is 2. The minimum atomic E-state index is -0.954. The molecule has 1 N–H and O–H groups in total. The Morgan fingerprint density at radius 1 is 1.11 bits per heavy atom. The molecular weight excluding hydrogens is 224 g/mol. The number of fused-ring (bicyclic) bond motifs is 5. The van der Waals surface area contributed by atoms with Crippen molar-refractivity contribution < 1.29 is 9.84 Å². The molecule has 18 heavy (non-hydrogen) atoms. The van der Waals surface area contributed by atoms with Crippen LogP contribution in [0.2, 0.25) is 0 Å². The van der Waals surface area contributed by atoms with E-state index in [9.17, 15) is 5.11 Å². The van der Waals surface area contributed by atoms with Crippen molar-refractivity contribution in [3.8, 4) is 5.75 Å². The lowest BCUT2D eigenvalue weighted by Crippen LogP contribution is -2.40. The lowest BCUT2D eigenvalue weighted by molar-refractivity contribution is -0.156. The SMILES string of the molecule is OC12CCCCC1c1c(ccc3ccccc13)O2. The molecule has 0 bridgehead atoms. The summed E-state index contributed by atoms with van der Waals surface area (Å²) in [5.74, 6) is 0.0699. The zero-order valence-electron chi connectivity index (χ0n) is 10.2. The van der Waals surface area contributed by atoms with Gasteiger partial charge in [-0.25, -0.2) is 0 Å². The van der Waals surface area contributed by atoms with Crippen LogP contribution in [0.1, 0.15) is 37.2 Å². The average Bonchev–Trinajstić information content (AvgIpc) is 2.71. The summed E-state index contributed by atoms with van der Waals surface area (Å²) in [4.78, 5) is 0. The molecular formula is C16H16O2. The van der Waals surface area contributed by atoms with Gasteiger partial charge >= 0.3 is 0 Å². The molecule has 2 heteroatoms. The van der Waals surface area contributed by atoms with Gasteiger partial charge in [-0.1, -0.05) is 36.8 Å². The van der Waals surface area contributed by atoms with Crippen LogP contribution >= 0.6 is 0 Å². The van der Waals surface area contributed by atoms with Crippen molar-refractivity contribution in [2.24, 2.45) is 0 Å². The molecule has 2 nitrogen and oxygen atoms in total. The van der Waals surface area contributed by atoms with Gasteiger partial charge in [0.2, 0.25) is 5.79 Å². The van der Waals surface area contributed by atoms with Crippen molar-refractivity contribution in [3.63, 3.8) is 0 Å². The normalized spacial score (nSPS) is 29.7. The lowest BCUT2D eigenvalue weighted by atomic mass is 9.79. The van der Waals surface area contributed by atoms with Gasteiger partial charge in [-0.2, -0.15) is 0 Å². The molecule has 1 aliphatic heterocycles. The van der Waals surface area contributed by atoms with Crippen molar-refractivity contribution in [2.45, 2.75) is 37.4 Å². The highest BCUT2D eigenvalue weighted by Crippen LogP contribution is 2.52. The predicted octanol–water partition coefficient (Wildman–Crippen LogP) is 3.58. The summed E-state index contributed by atoms with van der Waals surface area (Å²) < 4.78 is 5.86. The first-order valence-corrected chi connectivity index (χ1v) is 6.71. The van der Waals surface area contributed by atoms with Crippen LogP contribution in [-0.4, -0.2) is 10.9 Å². The van der Waals surface area contributed by atoms with Crippen molar-refractivity contribution >= 4 is 10.8 Å². The second-order valence-electron chi connectivity index (χ2n) is 5.44. The first-order valence-electron chi connectivity index (χ1n) is 6.71. The fraction of sp³-hybridized carbons (Fsp3) is 0.375. The van der Waals surface area contributed by atoms with Gasteiger partial charge in [-0.05, 0) is 29.7 Å². The van der Waals surface area contributed by atoms with Crippen LogP contribution in [0.25, 0.3) is 10.8 Å². The third kappa shape index (κ3) is 1.27. The van der Waals surface area contributed by atoms with E-state index in [0.29, 0.717) is 0 Å². The van der Waals surface area contributed by atoms with E-state index in [1.54, 1.807) is 0 Å². The molecule has 1 heterocycles. The monoisotopic (exact) mass is 240 g/mol. The van der Waals surface area contributed by atoms with Crippen LogP contribution in [0.15, 0.2) is 36.4 Å². The van der Waals surface area contributed by atoms with Gasteiger partial charge in [-0.15, -0.1) is 0 Å². The summed E-state index contributed by atoms with van der Waals surface area (Å²) in [5, 5.41) is 13.1. The Hall–Kier alpha value is -1.54. The molecule has 1 aliphatic carbocycles. The van der Waals surface area contributed by atoms with E-state index in [2.05, 4.69) is 30.3 Å². The second kappa shape index (κ2) is 3.48. The van der Waals surface area contributed by atoms with Gasteiger partial charge in [0.1, 0.15) is 5.75 Å². The van der Waals surface area contributed by atoms with Crippen LogP contribution in [0.3, 0.4) is 0 Å². The average molecular weight is 240 g/mol. The highest BCUT2D eigenvalue weighted by atomic mass is 16.6. The highest BCUT2D eigenvalue weighted by Gasteiger charge is 2.48. The molecule has 4 rings (SSSR count). The van der Waals surface area contributed by atoms with Gasteiger partial charge in [0, 0.05) is 12.0 Å². The van der Waals surface area contributed by atoms with Gasteiger partial charge in [0.25, 0.3) is 0 Å². The number of ether oxygens (including phenoxy) is 1. The second-order valence-corrected chi connectivity index (χ2v) is 5.44. The lowest BCUT2D eigenvalue weighted by Gasteiger charge is -2.33. The Balaban J connectivity index is 1.99. The van der Waals surface area contributed by atoms with E-state index in [1.807, 2.05) is 6.07 Å². The van der Waals surface area contributed by atoms with Gasteiger partial charge in [0.15, 0.2) is 0 Å². The first kappa shape index (κ1) is 10.4. The van der Waals surface area contributed by atoms with E-state index in [0.717, 1.165) is 25.0 Å². The Bertz CT molecular complexity index is 620. The molecule has 2 atom stereocenters. The van der Waals surface area contributed by atoms with Crippen molar-refractivity contribution in [1.82, 2.24) is 0 Å². The minimum Gasteiger partial charge on any atom is -0.462 e. The van der Waals surface area contributed by atoms with E-state index in [4.69, 9.17) is 4.74 Å². The molecule has 0 spiro atoms. The van der Waals surface area contributed by atoms with Gasteiger partial charge < -0.3 is 9.84 Å². The standard InChI is InChI=1S/C16H16O2/c17-16-10-4-3-7-13(16)15-12-6-2-1-5-11(12)8-9-14(15)18-16/h1-2,5-6,8-9,13,17H,3-4,7,10H2. The zero-order chi connectivity index (χ0) is 12.2. The molecule has 92 valence electrons. The molecule has 1 fully saturated rings. The summed E-state index contributed by atoms with van der Waals surface area (Å²) in [6, 6.07) is 12.5. The van der Waals surface area contributed by atoms with Crippen molar-refractivity contribution in [2.75, 3.05) is 0 Å². The summed E-state index contributed by atoms with van der Waals surface area (Å²) >= 11 is 0. The van der Waals surface area contributed by atoms with E-state index >= 15 is 0 Å². The highest BCUT2D eigenvalue weighted by molar-refractivity contribution is 5.89. The number of hydrogen-bond donors (Lipinski definition) is 1. The van der Waals surface area contributed by atoms with Crippen LogP contribution in [0.4, 0.5) is 0 Å². The molecule has 0 amide bonds. The van der Waals surface area contributed by atoms with Crippen LogP contribution in [-0.2, 0) is 0 Å². The summed E-state index contributed by atoms with van der Waals surface area (Å²) in [6.07, 6.45) is 4.01. The largest absolute Gasteiger partial charge is 0.462 e. The fourth-order valence-electron chi connectivity index (χ4n) is 3.53. The predicted molar refractivity (Wildman–Crippen MR) is 70.7 cm³/mol. The number of rotatable bonds is 0. The molecule has 0 aromatic heterocycles. The molecule has 0 saturated heterocycles. The topological polar surface area (TPSA) is 29.5 Å². The van der Waals surface area contributed by atoms with Crippen LogP contribution < -0.4 is 4.74 Å². The number of hydrogen-bond acceptors (Lipinski definition) is 2. The first-order chi connectivity index (χ1) is 8.78. The zero-order valence-corrected chi connectivity index (χ0v) is 10.2. The Morgan fingerprint density at radius 3 is 2.94 bits per heavy atom. The summed E-state index contributed by atoms with van der Waals surface area (Å²) in [6.45, 7) is 0. The summed E-state index contributed by atoms with van der Waals surface area (Å²) in [5.41, 5.74) is 1.22. The molecule has 2 aromatic carbocycles. The maximum Gasteiger partial charge on any atom is 0.215 e. The molecule has 1 saturated carbocycles. The van der Waals surface area contributed by atoms with Crippen LogP contribution in [0.5, 0.6) is 5.75 Å². The molecule has 2 unspecified atom stereocenters. The van der Waals surface area contributed by atoms with E-state index in [1.165, 1.54) is 22.8 Å². The Morgan fingerprint density at radius 2 is 2.00 bits per heavy atom. The molecule has 0 radical (unpaired) electrons.